The van der Waals surface area contributed by atoms with Crippen molar-refractivity contribution >= 4 is 10.0 Å². The number of nitrogens with one attached hydrogen (secondary N) is 1. The van der Waals surface area contributed by atoms with Crippen LogP contribution in [0.25, 0.3) is 0 Å². The van der Waals surface area contributed by atoms with Gasteiger partial charge >= 0.3 is 0 Å². The highest BCUT2D eigenvalue weighted by Crippen LogP contribution is 2.17. The van der Waals surface area contributed by atoms with E-state index in [0.717, 1.165) is 11.3 Å². The van der Waals surface area contributed by atoms with Crippen LogP contribution in [0.5, 0.6) is 5.75 Å². The van der Waals surface area contributed by atoms with Gasteiger partial charge in [0.15, 0.2) is 0 Å². The number of benzene rings is 1. The molecule has 0 aliphatic rings. The highest BCUT2D eigenvalue weighted by molar-refractivity contribution is 7.89. The van der Waals surface area contributed by atoms with E-state index in [1.54, 1.807) is 14.1 Å². The monoisotopic (exact) mass is 286 g/mol. The second kappa shape index (κ2) is 7.47. The summed E-state index contributed by atoms with van der Waals surface area (Å²) in [6, 6.07) is 7.75. The molecule has 1 aromatic rings. The van der Waals surface area contributed by atoms with Crippen molar-refractivity contribution in [1.29, 1.82) is 0 Å². The van der Waals surface area contributed by atoms with E-state index in [4.69, 9.17) is 4.74 Å². The molecule has 1 N–H and O–H groups in total. The molecule has 0 amide bonds. The fourth-order valence-electron chi connectivity index (χ4n) is 1.55. The van der Waals surface area contributed by atoms with Crippen molar-refractivity contribution in [2.75, 3.05) is 33.0 Å². The molecule has 0 spiro atoms. The summed E-state index contributed by atoms with van der Waals surface area (Å²) in [5.41, 5.74) is 1.03. The van der Waals surface area contributed by atoms with E-state index in [-0.39, 0.29) is 5.75 Å². The third-order valence-electron chi connectivity index (χ3n) is 2.68. The fraction of sp³-hybridized carbons (Fsp3) is 0.538. The molecule has 0 saturated carbocycles. The van der Waals surface area contributed by atoms with Crippen LogP contribution < -0.4 is 10.1 Å². The molecule has 1 rings (SSSR count). The molecule has 0 fully saturated rings. The highest BCUT2D eigenvalue weighted by atomic mass is 32.2. The Bertz CT molecular complexity index is 486. The first-order valence-corrected chi connectivity index (χ1v) is 7.90. The zero-order chi connectivity index (χ0) is 14.3. The van der Waals surface area contributed by atoms with E-state index in [2.05, 4.69) is 5.32 Å². The maximum atomic E-state index is 11.6. The van der Waals surface area contributed by atoms with Gasteiger partial charge in [0.2, 0.25) is 10.0 Å². The van der Waals surface area contributed by atoms with Gasteiger partial charge in [0.1, 0.15) is 5.75 Å². The topological polar surface area (TPSA) is 58.6 Å². The molecule has 0 aliphatic heterocycles. The van der Waals surface area contributed by atoms with E-state index in [0.29, 0.717) is 19.7 Å². The summed E-state index contributed by atoms with van der Waals surface area (Å²) in [7, 11) is -0.0506. The number of hydrogen-bond acceptors (Lipinski definition) is 4. The predicted octanol–water partition coefficient (Wildman–Crippen LogP) is 1.07. The molecule has 0 aromatic heterocycles. The molecular weight excluding hydrogens is 264 g/mol. The maximum absolute atomic E-state index is 11.6. The molecule has 108 valence electrons. The van der Waals surface area contributed by atoms with Gasteiger partial charge in [-0.15, -0.1) is 0 Å². The SMILES string of the molecule is CCOc1ccccc1CNCCS(=O)(=O)N(C)C. The summed E-state index contributed by atoms with van der Waals surface area (Å²) in [6.45, 7) is 3.57. The Morgan fingerprint density at radius 1 is 1.26 bits per heavy atom. The molecule has 0 bridgehead atoms. The van der Waals surface area contributed by atoms with E-state index in [9.17, 15) is 8.42 Å². The van der Waals surface area contributed by atoms with Crippen LogP contribution in [0.3, 0.4) is 0 Å². The first-order chi connectivity index (χ1) is 8.97. The second-order valence-corrected chi connectivity index (χ2v) is 6.62. The van der Waals surface area contributed by atoms with Gasteiger partial charge in [-0.1, -0.05) is 18.2 Å². The summed E-state index contributed by atoms with van der Waals surface area (Å²) in [5, 5.41) is 3.13. The first kappa shape index (κ1) is 15.9. The van der Waals surface area contributed by atoms with E-state index in [1.807, 2.05) is 31.2 Å². The zero-order valence-corrected chi connectivity index (χ0v) is 12.5. The van der Waals surface area contributed by atoms with Crippen molar-refractivity contribution in [3.8, 4) is 5.75 Å². The second-order valence-electron chi connectivity index (χ2n) is 4.32. The van der Waals surface area contributed by atoms with Crippen molar-refractivity contribution in [2.24, 2.45) is 0 Å². The Hall–Kier alpha value is -1.11. The minimum atomic E-state index is -3.13. The molecule has 0 radical (unpaired) electrons. The van der Waals surface area contributed by atoms with Gasteiger partial charge in [-0.3, -0.25) is 0 Å². The van der Waals surface area contributed by atoms with Gasteiger partial charge in [-0.25, -0.2) is 12.7 Å². The molecule has 19 heavy (non-hydrogen) atoms. The Kier molecular flexibility index (Phi) is 6.27. The lowest BCUT2D eigenvalue weighted by Gasteiger charge is -2.13. The number of nitrogens with zero attached hydrogens (tertiary/aromatic N) is 1. The average Bonchev–Trinajstić information content (AvgIpc) is 2.36. The van der Waals surface area contributed by atoms with E-state index in [1.165, 1.54) is 4.31 Å². The number of ether oxygens (including phenoxy) is 1. The number of rotatable bonds is 8. The summed E-state index contributed by atoms with van der Waals surface area (Å²) in [6.07, 6.45) is 0. The lowest BCUT2D eigenvalue weighted by molar-refractivity contribution is 0.335. The molecule has 0 heterocycles. The Balaban J connectivity index is 2.46. The quantitative estimate of drug-likeness (QED) is 0.726. The smallest absolute Gasteiger partial charge is 0.214 e. The summed E-state index contributed by atoms with van der Waals surface area (Å²) in [5.74, 6) is 0.935. The van der Waals surface area contributed by atoms with Crippen molar-refractivity contribution in [1.82, 2.24) is 9.62 Å². The zero-order valence-electron chi connectivity index (χ0n) is 11.7. The number of sulfonamides is 1. The Labute approximate surface area is 115 Å². The molecule has 0 saturated heterocycles. The first-order valence-electron chi connectivity index (χ1n) is 6.29. The normalized spacial score (nSPS) is 11.8. The summed E-state index contributed by atoms with van der Waals surface area (Å²) >= 11 is 0. The minimum absolute atomic E-state index is 0.0940. The fourth-order valence-corrected chi connectivity index (χ4v) is 2.32. The Morgan fingerprint density at radius 3 is 2.58 bits per heavy atom. The Morgan fingerprint density at radius 2 is 1.95 bits per heavy atom. The van der Waals surface area contributed by atoms with Crippen LogP contribution in [0.2, 0.25) is 0 Å². The van der Waals surface area contributed by atoms with Crippen molar-refractivity contribution in [3.05, 3.63) is 29.8 Å². The van der Waals surface area contributed by atoms with Gasteiger partial charge in [-0.2, -0.15) is 0 Å². The van der Waals surface area contributed by atoms with E-state index >= 15 is 0 Å². The van der Waals surface area contributed by atoms with Crippen LogP contribution in [0, 0.1) is 0 Å². The third kappa shape index (κ3) is 5.18. The van der Waals surface area contributed by atoms with Crippen molar-refractivity contribution in [3.63, 3.8) is 0 Å². The minimum Gasteiger partial charge on any atom is -0.494 e. The van der Waals surface area contributed by atoms with Gasteiger partial charge in [0.25, 0.3) is 0 Å². The molecular formula is C13H22N2O3S. The standard InChI is InChI=1S/C13H22N2O3S/c1-4-18-13-8-6-5-7-12(13)11-14-9-10-19(16,17)15(2)3/h5-8,14H,4,9-11H2,1-3H3. The van der Waals surface area contributed by atoms with Crippen LogP contribution in [-0.2, 0) is 16.6 Å². The lowest BCUT2D eigenvalue weighted by Crippen LogP contribution is -2.31. The molecule has 0 aliphatic carbocycles. The molecule has 1 aromatic carbocycles. The van der Waals surface area contributed by atoms with Crippen molar-refractivity contribution < 1.29 is 13.2 Å². The average molecular weight is 286 g/mol. The maximum Gasteiger partial charge on any atom is 0.214 e. The predicted molar refractivity (Wildman–Crippen MR) is 76.8 cm³/mol. The number of hydrogen-bond donors (Lipinski definition) is 1. The molecule has 6 heteroatoms. The largest absolute Gasteiger partial charge is 0.494 e. The van der Waals surface area contributed by atoms with Gasteiger partial charge in [0.05, 0.1) is 12.4 Å². The third-order valence-corrected chi connectivity index (χ3v) is 4.51. The van der Waals surface area contributed by atoms with Crippen LogP contribution >= 0.6 is 0 Å². The van der Waals surface area contributed by atoms with Gasteiger partial charge in [0, 0.05) is 32.7 Å². The van der Waals surface area contributed by atoms with Crippen LogP contribution in [-0.4, -0.2) is 45.7 Å². The van der Waals surface area contributed by atoms with Gasteiger partial charge < -0.3 is 10.1 Å². The molecule has 5 nitrogen and oxygen atoms in total. The van der Waals surface area contributed by atoms with Crippen molar-refractivity contribution in [2.45, 2.75) is 13.5 Å². The molecule has 0 unspecified atom stereocenters. The van der Waals surface area contributed by atoms with E-state index < -0.39 is 10.0 Å². The number of para-hydroxylation sites is 1. The van der Waals surface area contributed by atoms with Crippen LogP contribution in [0.1, 0.15) is 12.5 Å². The van der Waals surface area contributed by atoms with Gasteiger partial charge in [-0.05, 0) is 13.0 Å². The lowest BCUT2D eigenvalue weighted by atomic mass is 10.2. The van der Waals surface area contributed by atoms with Crippen LogP contribution in [0.4, 0.5) is 0 Å². The summed E-state index contributed by atoms with van der Waals surface area (Å²) < 4.78 is 29.9. The highest BCUT2D eigenvalue weighted by Gasteiger charge is 2.12. The van der Waals surface area contributed by atoms with Crippen LogP contribution in [0.15, 0.2) is 24.3 Å². The summed E-state index contributed by atoms with van der Waals surface area (Å²) in [4.78, 5) is 0. The molecule has 0 atom stereocenters.